The predicted molar refractivity (Wildman–Crippen MR) is 153 cm³/mol. The van der Waals surface area contributed by atoms with Gasteiger partial charge in [-0.05, 0) is 47.4 Å². The van der Waals surface area contributed by atoms with Crippen molar-refractivity contribution in [3.63, 3.8) is 0 Å². The monoisotopic (exact) mass is 542 g/mol. The summed E-state index contributed by atoms with van der Waals surface area (Å²) in [4.78, 5) is 8.53. The molecular formula is C29H28ClFN8. The number of pyridine rings is 2. The van der Waals surface area contributed by atoms with Crippen molar-refractivity contribution in [1.82, 2.24) is 20.9 Å². The van der Waals surface area contributed by atoms with Crippen LogP contribution in [-0.2, 0) is 0 Å². The maximum atomic E-state index is 13.8. The van der Waals surface area contributed by atoms with E-state index in [2.05, 4.69) is 58.4 Å². The van der Waals surface area contributed by atoms with Crippen LogP contribution in [0.15, 0.2) is 79.0 Å². The number of rotatable bonds is 7. The third-order valence-electron chi connectivity index (χ3n) is 6.20. The number of hydrazine groups is 2. The van der Waals surface area contributed by atoms with Crippen molar-refractivity contribution in [2.75, 3.05) is 22.2 Å². The van der Waals surface area contributed by atoms with Gasteiger partial charge in [-0.3, -0.25) is 15.0 Å². The summed E-state index contributed by atoms with van der Waals surface area (Å²) in [5, 5.41) is 19.8. The first-order valence-electron chi connectivity index (χ1n) is 12.4. The van der Waals surface area contributed by atoms with Crippen LogP contribution in [0.1, 0.15) is 37.9 Å². The molecule has 5 rings (SSSR count). The molecule has 39 heavy (non-hydrogen) atoms. The van der Waals surface area contributed by atoms with Gasteiger partial charge in [0.1, 0.15) is 11.9 Å². The van der Waals surface area contributed by atoms with Crippen molar-refractivity contribution in [1.29, 1.82) is 5.26 Å². The molecule has 0 saturated heterocycles. The van der Waals surface area contributed by atoms with E-state index < -0.39 is 6.04 Å². The van der Waals surface area contributed by atoms with E-state index in [0.29, 0.717) is 34.0 Å². The Hall–Kier alpha value is -4.39. The molecule has 1 aliphatic rings. The summed E-state index contributed by atoms with van der Waals surface area (Å²) in [5.74, 6) is -0.319. The number of hydrogen-bond acceptors (Lipinski definition) is 8. The summed E-state index contributed by atoms with van der Waals surface area (Å²) in [5.41, 5.74) is 11.3. The van der Waals surface area contributed by atoms with E-state index in [1.807, 2.05) is 29.4 Å². The Labute approximate surface area is 231 Å². The molecule has 0 unspecified atom stereocenters. The number of hydrogen-bond donors (Lipinski definition) is 4. The van der Waals surface area contributed by atoms with E-state index in [1.165, 1.54) is 12.1 Å². The fourth-order valence-corrected chi connectivity index (χ4v) is 4.52. The number of nitrogens with one attached hydrogen (secondary N) is 4. The van der Waals surface area contributed by atoms with Gasteiger partial charge in [0.25, 0.3) is 0 Å². The molecule has 2 aromatic heterocycles. The largest absolute Gasteiger partial charge is 0.383 e. The summed E-state index contributed by atoms with van der Waals surface area (Å²) >= 11 is 6.71. The normalized spacial score (nSPS) is 13.9. The van der Waals surface area contributed by atoms with Gasteiger partial charge in [-0.2, -0.15) is 5.26 Å². The van der Waals surface area contributed by atoms with E-state index in [0.717, 1.165) is 22.3 Å². The van der Waals surface area contributed by atoms with Gasteiger partial charge in [-0.15, -0.1) is 5.53 Å². The predicted octanol–water partition coefficient (Wildman–Crippen LogP) is 6.28. The lowest BCUT2D eigenvalue weighted by atomic mass is 9.96. The lowest BCUT2D eigenvalue weighted by molar-refractivity contribution is 0.443. The molecule has 0 aliphatic carbocycles. The maximum Gasteiger partial charge on any atom is 0.123 e. The summed E-state index contributed by atoms with van der Waals surface area (Å²) in [6.07, 6.45) is 6.89. The maximum absolute atomic E-state index is 13.8. The molecule has 2 aromatic carbocycles. The molecule has 1 aliphatic heterocycles. The average molecular weight is 543 g/mol. The summed E-state index contributed by atoms with van der Waals surface area (Å²) in [6, 6.07) is 15.7. The highest BCUT2D eigenvalue weighted by Crippen LogP contribution is 2.36. The number of fused-ring (bicyclic) bond motifs is 1. The molecule has 0 spiro atoms. The highest BCUT2D eigenvalue weighted by molar-refractivity contribution is 6.35. The molecule has 3 heterocycles. The van der Waals surface area contributed by atoms with Gasteiger partial charge >= 0.3 is 0 Å². The van der Waals surface area contributed by atoms with E-state index in [-0.39, 0.29) is 11.2 Å². The quantitative estimate of drug-likeness (QED) is 0.216. The van der Waals surface area contributed by atoms with Gasteiger partial charge in [-0.25, -0.2) is 4.39 Å². The van der Waals surface area contributed by atoms with Crippen LogP contribution < -0.4 is 26.6 Å². The van der Waals surface area contributed by atoms with Crippen molar-refractivity contribution >= 4 is 39.6 Å². The van der Waals surface area contributed by atoms with Crippen LogP contribution in [0.25, 0.3) is 10.9 Å². The number of anilines is 3. The second-order valence-corrected chi connectivity index (χ2v) is 10.9. The lowest BCUT2D eigenvalue weighted by Gasteiger charge is -2.23. The zero-order valence-electron chi connectivity index (χ0n) is 21.8. The van der Waals surface area contributed by atoms with Crippen molar-refractivity contribution in [3.8, 4) is 6.07 Å². The second-order valence-electron chi connectivity index (χ2n) is 10.5. The van der Waals surface area contributed by atoms with Crippen LogP contribution in [-0.4, -0.2) is 16.5 Å². The van der Waals surface area contributed by atoms with Crippen LogP contribution in [0.3, 0.4) is 0 Å². The minimum Gasteiger partial charge on any atom is -0.383 e. The Morgan fingerprint density at radius 1 is 1.13 bits per heavy atom. The molecular weight excluding hydrogens is 515 g/mol. The third kappa shape index (κ3) is 5.87. The van der Waals surface area contributed by atoms with Crippen LogP contribution in [0.2, 0.25) is 5.02 Å². The zero-order valence-corrected chi connectivity index (χ0v) is 22.5. The molecule has 1 atom stereocenters. The molecule has 0 fully saturated rings. The molecule has 4 aromatic rings. The Balaban J connectivity index is 1.56. The minimum atomic E-state index is -0.392. The first-order valence-corrected chi connectivity index (χ1v) is 12.8. The van der Waals surface area contributed by atoms with Crippen molar-refractivity contribution < 1.29 is 4.39 Å². The number of aromatic nitrogens is 2. The van der Waals surface area contributed by atoms with Gasteiger partial charge in [0.2, 0.25) is 0 Å². The first kappa shape index (κ1) is 26.2. The highest BCUT2D eigenvalue weighted by Gasteiger charge is 2.24. The first-order chi connectivity index (χ1) is 18.7. The SMILES string of the molecule is CC(C)(C)CNc1c(C#N)cnc2c(Cl)cc(N[C@H](C3=CN(c4ccncc4)NN3)c3ccc(F)cc3)cc12. The lowest BCUT2D eigenvalue weighted by Crippen LogP contribution is -2.37. The Morgan fingerprint density at radius 2 is 1.87 bits per heavy atom. The van der Waals surface area contributed by atoms with Crippen molar-refractivity contribution in [3.05, 3.63) is 101 Å². The molecule has 0 bridgehead atoms. The summed E-state index contributed by atoms with van der Waals surface area (Å²) in [6.45, 7) is 7.01. The number of halogens is 2. The van der Waals surface area contributed by atoms with Crippen molar-refractivity contribution in [2.45, 2.75) is 26.8 Å². The molecule has 0 radical (unpaired) electrons. The molecule has 198 valence electrons. The number of nitriles is 1. The van der Waals surface area contributed by atoms with Gasteiger partial charge < -0.3 is 16.1 Å². The van der Waals surface area contributed by atoms with Gasteiger partial charge in [0, 0.05) is 42.4 Å². The Morgan fingerprint density at radius 3 is 2.56 bits per heavy atom. The average Bonchev–Trinajstić information content (AvgIpc) is 3.41. The number of benzene rings is 2. The van der Waals surface area contributed by atoms with E-state index in [4.69, 9.17) is 11.6 Å². The fourth-order valence-electron chi connectivity index (χ4n) is 4.25. The van der Waals surface area contributed by atoms with Gasteiger partial charge in [0.15, 0.2) is 0 Å². The number of nitrogens with zero attached hydrogens (tertiary/aromatic N) is 4. The molecule has 0 saturated carbocycles. The van der Waals surface area contributed by atoms with Crippen LogP contribution in [0, 0.1) is 22.6 Å². The van der Waals surface area contributed by atoms with E-state index in [9.17, 15) is 9.65 Å². The van der Waals surface area contributed by atoms with Crippen molar-refractivity contribution in [2.24, 2.45) is 5.41 Å². The Kier molecular flexibility index (Phi) is 7.24. The van der Waals surface area contributed by atoms with Crippen LogP contribution >= 0.6 is 11.6 Å². The van der Waals surface area contributed by atoms with Gasteiger partial charge in [0.05, 0.1) is 39.2 Å². The smallest absolute Gasteiger partial charge is 0.123 e. The van der Waals surface area contributed by atoms with E-state index >= 15 is 0 Å². The summed E-state index contributed by atoms with van der Waals surface area (Å²) in [7, 11) is 0. The molecule has 4 N–H and O–H groups in total. The Bertz CT molecular complexity index is 1560. The molecule has 0 amide bonds. The molecule has 10 heteroatoms. The van der Waals surface area contributed by atoms with Crippen LogP contribution in [0.4, 0.5) is 21.5 Å². The third-order valence-corrected chi connectivity index (χ3v) is 6.48. The second kappa shape index (κ2) is 10.8. The minimum absolute atomic E-state index is 0.00996. The highest BCUT2D eigenvalue weighted by atomic mass is 35.5. The zero-order chi connectivity index (χ0) is 27.6. The molecule has 8 nitrogen and oxygen atoms in total. The topological polar surface area (TPSA) is 101 Å². The van der Waals surface area contributed by atoms with E-state index in [1.54, 1.807) is 36.8 Å². The fraction of sp³-hybridized carbons (Fsp3) is 0.207. The van der Waals surface area contributed by atoms with Crippen LogP contribution in [0.5, 0.6) is 0 Å². The van der Waals surface area contributed by atoms with Gasteiger partial charge in [-0.1, -0.05) is 44.5 Å². The summed E-state index contributed by atoms with van der Waals surface area (Å²) < 4.78 is 13.8. The standard InChI is InChI=1S/C29H28ClFN8/c1-29(2,3)17-35-26-19(14-32)15-34-28-23(26)12-21(13-24(28)30)36-27(18-4-6-20(31)7-5-18)25-16-39(38-37-25)22-8-10-33-11-9-22/h4-13,15-16,27,36-38H,17H2,1-3H3,(H,34,35)/t27-/m0/s1.